The topological polar surface area (TPSA) is 60.0 Å². The van der Waals surface area contributed by atoms with Crippen LogP contribution in [0.3, 0.4) is 0 Å². The molecule has 3 rings (SSSR count). The van der Waals surface area contributed by atoms with Gasteiger partial charge in [0, 0.05) is 5.46 Å². The smallest absolute Gasteiger partial charge is 0.399 e. The first-order chi connectivity index (χ1) is 8.80. The van der Waals surface area contributed by atoms with Crippen LogP contribution in [0.1, 0.15) is 27.7 Å². The van der Waals surface area contributed by atoms with Gasteiger partial charge in [-0.25, -0.2) is 9.97 Å². The van der Waals surface area contributed by atoms with Crippen LogP contribution in [-0.2, 0) is 9.31 Å². The molecule has 1 N–H and O–H groups in total. The normalized spacial score (nSPS) is 21.2. The van der Waals surface area contributed by atoms with Crippen molar-refractivity contribution in [3.05, 3.63) is 17.5 Å². The number of halogens is 1. The van der Waals surface area contributed by atoms with Crippen molar-refractivity contribution in [2.75, 3.05) is 0 Å². The van der Waals surface area contributed by atoms with Gasteiger partial charge in [0.25, 0.3) is 0 Å². The van der Waals surface area contributed by atoms with E-state index >= 15 is 0 Å². The zero-order valence-corrected chi connectivity index (χ0v) is 12.1. The maximum atomic E-state index is 6.03. The van der Waals surface area contributed by atoms with Crippen LogP contribution in [0.25, 0.3) is 11.2 Å². The third-order valence-corrected chi connectivity index (χ3v) is 4.10. The Morgan fingerprint density at radius 1 is 1.21 bits per heavy atom. The molecule has 0 aliphatic carbocycles. The number of hydrogen-bond donors (Lipinski definition) is 1. The molecular weight excluding hydrogens is 264 g/mol. The molecule has 1 aliphatic heterocycles. The van der Waals surface area contributed by atoms with E-state index in [-0.39, 0.29) is 11.2 Å². The highest BCUT2D eigenvalue weighted by Crippen LogP contribution is 2.36. The molecule has 1 fully saturated rings. The molecule has 7 heteroatoms. The van der Waals surface area contributed by atoms with E-state index in [0.29, 0.717) is 10.8 Å². The zero-order chi connectivity index (χ0) is 13.8. The molecular formula is C12H15BClN3O2. The number of aromatic nitrogens is 3. The van der Waals surface area contributed by atoms with Crippen molar-refractivity contribution in [2.24, 2.45) is 0 Å². The van der Waals surface area contributed by atoms with Gasteiger partial charge < -0.3 is 14.3 Å². The maximum Gasteiger partial charge on any atom is 0.497 e. The molecule has 0 aromatic carbocycles. The van der Waals surface area contributed by atoms with E-state index in [0.717, 1.165) is 11.0 Å². The summed E-state index contributed by atoms with van der Waals surface area (Å²) in [6.45, 7) is 8.06. The van der Waals surface area contributed by atoms with Gasteiger partial charge in [-0.2, -0.15) is 0 Å². The van der Waals surface area contributed by atoms with Gasteiger partial charge in [-0.15, -0.1) is 0 Å². The second kappa shape index (κ2) is 3.94. The average Bonchev–Trinajstić information content (AvgIpc) is 2.80. The van der Waals surface area contributed by atoms with E-state index in [1.54, 1.807) is 12.4 Å². The summed E-state index contributed by atoms with van der Waals surface area (Å²) in [6.07, 6.45) is 1.59. The molecule has 0 amide bonds. The molecule has 0 unspecified atom stereocenters. The molecule has 0 spiro atoms. The van der Waals surface area contributed by atoms with E-state index in [1.807, 2.05) is 27.7 Å². The Bertz CT molecular complexity index is 625. The second-order valence-corrected chi connectivity index (χ2v) is 6.11. The first kappa shape index (κ1) is 12.9. The molecule has 5 nitrogen and oxygen atoms in total. The predicted octanol–water partition coefficient (Wildman–Crippen LogP) is 1.91. The van der Waals surface area contributed by atoms with Crippen LogP contribution < -0.4 is 5.46 Å². The van der Waals surface area contributed by atoms with E-state index in [2.05, 4.69) is 15.0 Å². The molecule has 0 radical (unpaired) electrons. The van der Waals surface area contributed by atoms with Crippen molar-refractivity contribution in [1.82, 2.24) is 15.0 Å². The average molecular weight is 280 g/mol. The predicted molar refractivity (Wildman–Crippen MR) is 74.6 cm³/mol. The van der Waals surface area contributed by atoms with Crippen molar-refractivity contribution in [2.45, 2.75) is 38.9 Å². The van der Waals surface area contributed by atoms with Crippen LogP contribution in [0.4, 0.5) is 0 Å². The molecule has 2 aromatic rings. The van der Waals surface area contributed by atoms with Crippen LogP contribution in [0.5, 0.6) is 0 Å². The molecule has 3 heterocycles. The lowest BCUT2D eigenvalue weighted by Gasteiger charge is -2.32. The fraction of sp³-hybridized carbons (Fsp3) is 0.500. The van der Waals surface area contributed by atoms with Crippen LogP contribution in [0, 0.1) is 0 Å². The maximum absolute atomic E-state index is 6.03. The highest BCUT2D eigenvalue weighted by Gasteiger charge is 2.52. The van der Waals surface area contributed by atoms with E-state index in [1.165, 1.54) is 0 Å². The zero-order valence-electron chi connectivity index (χ0n) is 11.3. The summed E-state index contributed by atoms with van der Waals surface area (Å²) >= 11 is 6.03. The first-order valence-corrected chi connectivity index (χ1v) is 6.53. The summed E-state index contributed by atoms with van der Waals surface area (Å²) in [5, 5.41) is 0.379. The molecule has 1 saturated heterocycles. The molecule has 19 heavy (non-hydrogen) atoms. The highest BCUT2D eigenvalue weighted by molar-refractivity contribution is 6.65. The van der Waals surface area contributed by atoms with E-state index in [4.69, 9.17) is 20.9 Å². The number of rotatable bonds is 1. The van der Waals surface area contributed by atoms with Crippen molar-refractivity contribution in [1.29, 1.82) is 0 Å². The summed E-state index contributed by atoms with van der Waals surface area (Å²) in [5.41, 5.74) is 1.41. The Labute approximate surface area is 116 Å². The molecule has 0 bridgehead atoms. The monoisotopic (exact) mass is 279 g/mol. The largest absolute Gasteiger partial charge is 0.497 e. The molecule has 100 valence electrons. The Balaban J connectivity index is 2.09. The van der Waals surface area contributed by atoms with E-state index < -0.39 is 7.12 Å². The number of H-pyrrole nitrogens is 1. The van der Waals surface area contributed by atoms with Gasteiger partial charge in [0.15, 0.2) is 5.65 Å². The Kier molecular flexibility index (Phi) is 2.68. The quantitative estimate of drug-likeness (QED) is 0.640. The molecule has 0 atom stereocenters. The van der Waals surface area contributed by atoms with Crippen LogP contribution in [-0.4, -0.2) is 33.3 Å². The lowest BCUT2D eigenvalue weighted by molar-refractivity contribution is 0.00578. The van der Waals surface area contributed by atoms with E-state index in [9.17, 15) is 0 Å². The van der Waals surface area contributed by atoms with Gasteiger partial charge >= 0.3 is 7.12 Å². The summed E-state index contributed by atoms with van der Waals surface area (Å²) in [4.78, 5) is 11.3. The summed E-state index contributed by atoms with van der Waals surface area (Å²) in [6, 6.07) is 1.75. The number of imidazole rings is 1. The SMILES string of the molecule is CC1(C)OB(c2cc(Cl)nc3nc[nH]c23)OC1(C)C. The number of pyridine rings is 1. The summed E-state index contributed by atoms with van der Waals surface area (Å²) < 4.78 is 12.1. The van der Waals surface area contributed by atoms with Gasteiger partial charge in [-0.1, -0.05) is 11.6 Å². The van der Waals surface area contributed by atoms with Gasteiger partial charge in [-0.3, -0.25) is 0 Å². The van der Waals surface area contributed by atoms with Gasteiger partial charge in [0.05, 0.1) is 23.0 Å². The third-order valence-electron chi connectivity index (χ3n) is 3.90. The number of nitrogens with zero attached hydrogens (tertiary/aromatic N) is 2. The van der Waals surface area contributed by atoms with Crippen molar-refractivity contribution in [3.63, 3.8) is 0 Å². The van der Waals surface area contributed by atoms with Gasteiger partial charge in [0.2, 0.25) is 0 Å². The fourth-order valence-electron chi connectivity index (χ4n) is 2.07. The minimum absolute atomic E-state index is 0.379. The summed E-state index contributed by atoms with van der Waals surface area (Å²) in [5.74, 6) is 0. The van der Waals surface area contributed by atoms with Crippen molar-refractivity contribution >= 4 is 35.3 Å². The van der Waals surface area contributed by atoms with Gasteiger partial charge in [-0.05, 0) is 33.8 Å². The lowest BCUT2D eigenvalue weighted by Crippen LogP contribution is -2.41. The molecule has 1 aliphatic rings. The fourth-order valence-corrected chi connectivity index (χ4v) is 2.27. The Hall–Kier alpha value is -1.11. The number of aromatic amines is 1. The standard InChI is InChI=1S/C12H15BClN3O2/c1-11(2)12(3,4)19-13(18-11)7-5-8(14)17-10-9(7)15-6-16-10/h5-6H,1-4H3,(H,15,16,17). The number of nitrogens with one attached hydrogen (secondary N) is 1. The first-order valence-electron chi connectivity index (χ1n) is 6.15. The molecule has 2 aromatic heterocycles. The third kappa shape index (κ3) is 1.95. The lowest BCUT2D eigenvalue weighted by atomic mass is 9.79. The second-order valence-electron chi connectivity index (χ2n) is 5.72. The minimum atomic E-state index is -0.478. The number of fused-ring (bicyclic) bond motifs is 1. The van der Waals surface area contributed by atoms with Crippen molar-refractivity contribution < 1.29 is 9.31 Å². The van der Waals surface area contributed by atoms with Crippen molar-refractivity contribution in [3.8, 4) is 0 Å². The number of hydrogen-bond acceptors (Lipinski definition) is 4. The summed E-state index contributed by atoms with van der Waals surface area (Å²) in [7, 11) is -0.478. The van der Waals surface area contributed by atoms with Crippen LogP contribution in [0.2, 0.25) is 5.15 Å². The van der Waals surface area contributed by atoms with Crippen LogP contribution in [0.15, 0.2) is 12.4 Å². The molecule has 0 saturated carbocycles. The Morgan fingerprint density at radius 2 is 1.84 bits per heavy atom. The van der Waals surface area contributed by atoms with Gasteiger partial charge in [0.1, 0.15) is 5.15 Å². The van der Waals surface area contributed by atoms with Crippen LogP contribution >= 0.6 is 11.6 Å². The minimum Gasteiger partial charge on any atom is -0.399 e. The Morgan fingerprint density at radius 3 is 2.47 bits per heavy atom. The highest BCUT2D eigenvalue weighted by atomic mass is 35.5.